The van der Waals surface area contributed by atoms with Gasteiger partial charge in [0.15, 0.2) is 0 Å². The van der Waals surface area contributed by atoms with Crippen molar-refractivity contribution in [2.24, 2.45) is 0 Å². The van der Waals surface area contributed by atoms with E-state index in [2.05, 4.69) is 0 Å². The molecule has 198 valence electrons. The van der Waals surface area contributed by atoms with E-state index in [1.807, 2.05) is 0 Å². The van der Waals surface area contributed by atoms with Crippen LogP contribution in [-0.4, -0.2) is 43.7 Å². The van der Waals surface area contributed by atoms with Crippen LogP contribution < -0.4 is 0 Å². The van der Waals surface area contributed by atoms with Gasteiger partial charge < -0.3 is 9.47 Å². The van der Waals surface area contributed by atoms with Crippen molar-refractivity contribution in [3.05, 3.63) is 70.5 Å². The van der Waals surface area contributed by atoms with E-state index in [-0.39, 0.29) is 24.2 Å². The van der Waals surface area contributed by atoms with Crippen molar-refractivity contribution in [3.63, 3.8) is 0 Å². The molecule has 3 rings (SSSR count). The number of methoxy groups -OCH3 is 1. The molecule has 1 aliphatic rings. The van der Waals surface area contributed by atoms with Crippen molar-refractivity contribution < 1.29 is 45.0 Å². The SMILES string of the molecule is COC(=O)CN(C)C1CCC(O[C@H](C)c2cc(C(F)(F)F)cc(C(F)(F)F)c2)C1c1ccc(F)cc1. The van der Waals surface area contributed by atoms with E-state index in [1.165, 1.54) is 26.2 Å². The summed E-state index contributed by atoms with van der Waals surface area (Å²) in [6.45, 7) is 1.35. The predicted octanol–water partition coefficient (Wildman–Crippen LogP) is 6.36. The minimum atomic E-state index is -4.97. The summed E-state index contributed by atoms with van der Waals surface area (Å²) >= 11 is 0. The molecule has 0 bridgehead atoms. The van der Waals surface area contributed by atoms with Crippen LogP contribution in [0.5, 0.6) is 0 Å². The number of carbonyl (C=O) groups excluding carboxylic acids is 1. The average molecular weight is 521 g/mol. The molecule has 4 atom stereocenters. The molecule has 4 nitrogen and oxygen atoms in total. The predicted molar refractivity (Wildman–Crippen MR) is 117 cm³/mol. The Morgan fingerprint density at radius 2 is 1.56 bits per heavy atom. The second-order valence-corrected chi connectivity index (χ2v) is 8.87. The van der Waals surface area contributed by atoms with Gasteiger partial charge in [0.05, 0.1) is 37.0 Å². The molecule has 0 saturated heterocycles. The summed E-state index contributed by atoms with van der Waals surface area (Å²) in [6.07, 6.45) is -10.7. The molecular weight excluding hydrogens is 495 g/mol. The highest BCUT2D eigenvalue weighted by atomic mass is 19.4. The van der Waals surface area contributed by atoms with Crippen molar-refractivity contribution in [1.29, 1.82) is 0 Å². The van der Waals surface area contributed by atoms with Gasteiger partial charge in [-0.2, -0.15) is 26.3 Å². The van der Waals surface area contributed by atoms with Crippen molar-refractivity contribution in [1.82, 2.24) is 4.90 Å². The molecule has 2 aromatic rings. The van der Waals surface area contributed by atoms with Crippen LogP contribution in [0.25, 0.3) is 0 Å². The van der Waals surface area contributed by atoms with Gasteiger partial charge in [0, 0.05) is 12.0 Å². The van der Waals surface area contributed by atoms with Crippen LogP contribution in [-0.2, 0) is 26.6 Å². The minimum Gasteiger partial charge on any atom is -0.468 e. The maximum Gasteiger partial charge on any atom is 0.416 e. The number of rotatable bonds is 7. The number of esters is 1. The van der Waals surface area contributed by atoms with Gasteiger partial charge in [-0.05, 0) is 68.3 Å². The zero-order valence-electron chi connectivity index (χ0n) is 19.8. The van der Waals surface area contributed by atoms with Gasteiger partial charge in [-0.15, -0.1) is 0 Å². The lowest BCUT2D eigenvalue weighted by molar-refractivity contribution is -0.144. The highest BCUT2D eigenvalue weighted by Gasteiger charge is 2.42. The average Bonchev–Trinajstić information content (AvgIpc) is 3.21. The van der Waals surface area contributed by atoms with Gasteiger partial charge in [-0.1, -0.05) is 12.1 Å². The Morgan fingerprint density at radius 1 is 1.00 bits per heavy atom. The van der Waals surface area contributed by atoms with Crippen LogP contribution in [0.4, 0.5) is 30.7 Å². The molecule has 3 unspecified atom stereocenters. The van der Waals surface area contributed by atoms with Gasteiger partial charge in [0.2, 0.25) is 0 Å². The third-order valence-electron chi connectivity index (χ3n) is 6.45. The van der Waals surface area contributed by atoms with Crippen molar-refractivity contribution in [3.8, 4) is 0 Å². The van der Waals surface area contributed by atoms with Crippen LogP contribution in [0.1, 0.15) is 54.0 Å². The van der Waals surface area contributed by atoms with Crippen LogP contribution in [0, 0.1) is 5.82 Å². The van der Waals surface area contributed by atoms with Gasteiger partial charge in [-0.3, -0.25) is 9.69 Å². The first-order valence-electron chi connectivity index (χ1n) is 11.2. The topological polar surface area (TPSA) is 38.8 Å². The van der Waals surface area contributed by atoms with Crippen LogP contribution >= 0.6 is 0 Å². The number of nitrogens with zero attached hydrogens (tertiary/aromatic N) is 1. The van der Waals surface area contributed by atoms with Crippen LogP contribution in [0.3, 0.4) is 0 Å². The zero-order valence-corrected chi connectivity index (χ0v) is 19.8. The molecule has 1 aliphatic carbocycles. The molecule has 0 radical (unpaired) electrons. The number of halogens is 7. The van der Waals surface area contributed by atoms with Crippen molar-refractivity contribution in [2.45, 2.75) is 56.3 Å². The Balaban J connectivity index is 1.93. The number of benzene rings is 2. The Bertz CT molecular complexity index is 1020. The second-order valence-electron chi connectivity index (χ2n) is 8.87. The highest BCUT2D eigenvalue weighted by molar-refractivity contribution is 5.71. The smallest absolute Gasteiger partial charge is 0.416 e. The van der Waals surface area contributed by atoms with Crippen LogP contribution in [0.2, 0.25) is 0 Å². The number of hydrogen-bond acceptors (Lipinski definition) is 4. The molecule has 0 aromatic heterocycles. The third kappa shape index (κ3) is 6.56. The largest absolute Gasteiger partial charge is 0.468 e. The van der Waals surface area contributed by atoms with E-state index in [0.717, 1.165) is 0 Å². The standard InChI is InChI=1S/C25H26F7NO3/c1-14(16-10-17(24(27,28)29)12-18(11-16)25(30,31)32)36-21-9-8-20(33(2)13-22(34)35-3)23(21)15-4-6-19(26)7-5-15/h4-7,10-12,14,20-21,23H,8-9,13H2,1-3H3/t14-,20?,21?,23?/m1/s1. The molecular formula is C25H26F7NO3. The minimum absolute atomic E-state index is 0.0380. The fourth-order valence-corrected chi connectivity index (χ4v) is 4.65. The molecule has 11 heteroatoms. The first-order valence-corrected chi connectivity index (χ1v) is 11.2. The lowest BCUT2D eigenvalue weighted by atomic mass is 9.91. The Kier molecular flexibility index (Phi) is 8.34. The summed E-state index contributed by atoms with van der Waals surface area (Å²) in [4.78, 5) is 13.6. The number of likely N-dealkylation sites (N-methyl/N-ethyl adjacent to an activating group) is 1. The quantitative estimate of drug-likeness (QED) is 0.314. The highest BCUT2D eigenvalue weighted by Crippen LogP contribution is 2.43. The number of ether oxygens (including phenoxy) is 2. The molecule has 0 spiro atoms. The second kappa shape index (κ2) is 10.8. The lowest BCUT2D eigenvalue weighted by Gasteiger charge is -2.33. The molecule has 36 heavy (non-hydrogen) atoms. The molecule has 0 amide bonds. The molecule has 0 aliphatic heterocycles. The molecule has 1 saturated carbocycles. The van der Waals surface area contributed by atoms with Crippen molar-refractivity contribution >= 4 is 5.97 Å². The monoisotopic (exact) mass is 521 g/mol. The fraction of sp³-hybridized carbons (Fsp3) is 0.480. The maximum absolute atomic E-state index is 13.6. The number of alkyl halides is 6. The molecule has 2 aromatic carbocycles. The first-order chi connectivity index (χ1) is 16.7. The van der Waals surface area contributed by atoms with E-state index in [1.54, 1.807) is 24.1 Å². The Labute approximate surface area is 204 Å². The van der Waals surface area contributed by atoms with Gasteiger partial charge >= 0.3 is 18.3 Å². The van der Waals surface area contributed by atoms with Gasteiger partial charge in [0.1, 0.15) is 5.82 Å². The Hall–Kier alpha value is -2.66. The molecule has 1 fully saturated rings. The zero-order chi connectivity index (χ0) is 26.8. The third-order valence-corrected chi connectivity index (χ3v) is 6.45. The number of hydrogen-bond donors (Lipinski definition) is 0. The van der Waals surface area contributed by atoms with E-state index in [9.17, 15) is 35.5 Å². The summed E-state index contributed by atoms with van der Waals surface area (Å²) in [5, 5.41) is 0. The number of carbonyl (C=O) groups is 1. The van der Waals surface area contributed by atoms with E-state index >= 15 is 0 Å². The first kappa shape index (κ1) is 27.9. The molecule has 0 heterocycles. The summed E-state index contributed by atoms with van der Waals surface area (Å²) in [5.74, 6) is -1.36. The van der Waals surface area contributed by atoms with Crippen molar-refractivity contribution in [2.75, 3.05) is 20.7 Å². The van der Waals surface area contributed by atoms with E-state index in [0.29, 0.717) is 30.5 Å². The van der Waals surface area contributed by atoms with E-state index in [4.69, 9.17) is 9.47 Å². The van der Waals surface area contributed by atoms with Crippen LogP contribution in [0.15, 0.2) is 42.5 Å². The summed E-state index contributed by atoms with van der Waals surface area (Å²) in [7, 11) is 2.95. The maximum atomic E-state index is 13.6. The summed E-state index contributed by atoms with van der Waals surface area (Å²) < 4.78 is 104. The summed E-state index contributed by atoms with van der Waals surface area (Å²) in [6, 6.07) is 6.74. The van der Waals surface area contributed by atoms with E-state index < -0.39 is 53.4 Å². The fourth-order valence-electron chi connectivity index (χ4n) is 4.65. The summed E-state index contributed by atoms with van der Waals surface area (Å²) in [5.41, 5.74) is -2.42. The van der Waals surface area contributed by atoms with Gasteiger partial charge in [-0.25, -0.2) is 4.39 Å². The normalized spacial score (nSPS) is 21.6. The molecule has 0 N–H and O–H groups in total. The van der Waals surface area contributed by atoms with Gasteiger partial charge in [0.25, 0.3) is 0 Å². The Morgan fingerprint density at radius 3 is 2.06 bits per heavy atom. The lowest BCUT2D eigenvalue weighted by Crippen LogP contribution is -2.40.